The summed E-state index contributed by atoms with van der Waals surface area (Å²) in [5.74, 6) is 1.34. The Morgan fingerprint density at radius 1 is 1.10 bits per heavy atom. The van der Waals surface area contributed by atoms with Gasteiger partial charge in [0.2, 0.25) is 0 Å². The van der Waals surface area contributed by atoms with Crippen molar-refractivity contribution in [1.82, 2.24) is 24.4 Å². The Labute approximate surface area is 174 Å². The number of piperidine rings is 1. The molecule has 2 aromatic rings. The number of hydrogen-bond acceptors (Lipinski definition) is 4. The molecule has 2 aliphatic rings. The Morgan fingerprint density at radius 2 is 1.79 bits per heavy atom. The minimum Gasteiger partial charge on any atom is -0.303 e. The van der Waals surface area contributed by atoms with Gasteiger partial charge in [-0.2, -0.15) is 0 Å². The van der Waals surface area contributed by atoms with Gasteiger partial charge in [0, 0.05) is 49.1 Å². The fraction of sp³-hybridized carbons (Fsp3) is 0.739. The normalized spacial score (nSPS) is 22.7. The molecule has 2 saturated heterocycles. The zero-order valence-electron chi connectivity index (χ0n) is 18.6. The third-order valence-corrected chi connectivity index (χ3v) is 6.78. The summed E-state index contributed by atoms with van der Waals surface area (Å²) in [5.41, 5.74) is 3.05. The van der Waals surface area contributed by atoms with Crippen LogP contribution in [0.15, 0.2) is 16.9 Å². The highest BCUT2D eigenvalue weighted by Gasteiger charge is 2.31. The summed E-state index contributed by atoms with van der Waals surface area (Å²) in [5, 5.41) is 3.32. The van der Waals surface area contributed by atoms with Crippen molar-refractivity contribution in [1.29, 1.82) is 0 Å². The van der Waals surface area contributed by atoms with Gasteiger partial charge in [-0.15, -0.1) is 0 Å². The van der Waals surface area contributed by atoms with E-state index in [2.05, 4.69) is 46.7 Å². The average Bonchev–Trinajstić information content (AvgIpc) is 3.30. The van der Waals surface area contributed by atoms with E-state index in [0.717, 1.165) is 55.4 Å². The smallest absolute Gasteiger partial charge is 0.272 e. The van der Waals surface area contributed by atoms with Crippen LogP contribution in [0.5, 0.6) is 0 Å². The van der Waals surface area contributed by atoms with Crippen LogP contribution >= 0.6 is 0 Å². The maximum Gasteiger partial charge on any atom is 0.272 e. The SMILES string of the molecule is CCc1cc(=O)n2[nH]c([C@@H]3CCN(CC(C)(C)CN4CCC(C)CC4)C3)cc2n1. The molecule has 1 N–H and O–H groups in total. The van der Waals surface area contributed by atoms with Crippen LogP contribution in [0, 0.1) is 11.3 Å². The summed E-state index contributed by atoms with van der Waals surface area (Å²) in [6, 6.07) is 3.72. The zero-order chi connectivity index (χ0) is 20.6. The summed E-state index contributed by atoms with van der Waals surface area (Å²) in [6.45, 7) is 16.3. The maximum atomic E-state index is 12.3. The molecule has 0 bridgehead atoms. The number of fused-ring (bicyclic) bond motifs is 1. The number of rotatable bonds is 6. The van der Waals surface area contributed by atoms with Crippen LogP contribution in [0.3, 0.4) is 0 Å². The number of hydrogen-bond donors (Lipinski definition) is 1. The second kappa shape index (κ2) is 8.23. The van der Waals surface area contributed by atoms with E-state index in [1.807, 2.05) is 6.92 Å². The van der Waals surface area contributed by atoms with E-state index in [4.69, 9.17) is 0 Å². The number of H-pyrrole nitrogens is 1. The van der Waals surface area contributed by atoms with Gasteiger partial charge >= 0.3 is 0 Å². The van der Waals surface area contributed by atoms with Crippen LogP contribution < -0.4 is 5.56 Å². The summed E-state index contributed by atoms with van der Waals surface area (Å²) < 4.78 is 1.60. The number of aryl methyl sites for hydroxylation is 1. The predicted octanol–water partition coefficient (Wildman–Crippen LogP) is 3.13. The molecule has 0 aliphatic carbocycles. The van der Waals surface area contributed by atoms with Crippen molar-refractivity contribution in [2.45, 2.75) is 59.3 Å². The molecule has 160 valence electrons. The van der Waals surface area contributed by atoms with E-state index in [9.17, 15) is 4.79 Å². The summed E-state index contributed by atoms with van der Waals surface area (Å²) in [6.07, 6.45) is 4.61. The Bertz CT molecular complexity index is 890. The lowest BCUT2D eigenvalue weighted by Crippen LogP contribution is -2.44. The van der Waals surface area contributed by atoms with Crippen molar-refractivity contribution in [2.75, 3.05) is 39.3 Å². The van der Waals surface area contributed by atoms with Crippen LogP contribution in [0.4, 0.5) is 0 Å². The van der Waals surface area contributed by atoms with Gasteiger partial charge in [-0.25, -0.2) is 9.50 Å². The maximum absolute atomic E-state index is 12.3. The lowest BCUT2D eigenvalue weighted by atomic mass is 9.90. The van der Waals surface area contributed by atoms with Crippen LogP contribution in [-0.2, 0) is 6.42 Å². The molecule has 4 rings (SSSR count). The number of nitrogens with one attached hydrogen (secondary N) is 1. The van der Waals surface area contributed by atoms with Crippen molar-refractivity contribution in [3.8, 4) is 0 Å². The molecule has 0 saturated carbocycles. The van der Waals surface area contributed by atoms with Crippen LogP contribution in [0.25, 0.3) is 5.65 Å². The first-order valence-electron chi connectivity index (χ1n) is 11.4. The molecule has 2 aromatic heterocycles. The molecule has 2 aliphatic heterocycles. The van der Waals surface area contributed by atoms with Gasteiger partial charge in [0.15, 0.2) is 5.65 Å². The average molecular weight is 400 g/mol. The Balaban J connectivity index is 1.38. The minimum absolute atomic E-state index is 0.00932. The van der Waals surface area contributed by atoms with Gasteiger partial charge in [0.25, 0.3) is 5.56 Å². The predicted molar refractivity (Wildman–Crippen MR) is 118 cm³/mol. The van der Waals surface area contributed by atoms with Gasteiger partial charge in [0.05, 0.1) is 0 Å². The fourth-order valence-electron chi connectivity index (χ4n) is 5.16. The van der Waals surface area contributed by atoms with Gasteiger partial charge < -0.3 is 9.80 Å². The number of aromatic amines is 1. The van der Waals surface area contributed by atoms with E-state index >= 15 is 0 Å². The van der Waals surface area contributed by atoms with Gasteiger partial charge in [-0.1, -0.05) is 27.7 Å². The molecule has 1 atom stereocenters. The molecule has 29 heavy (non-hydrogen) atoms. The number of aromatic nitrogens is 3. The molecule has 6 nitrogen and oxygen atoms in total. The molecule has 6 heteroatoms. The van der Waals surface area contributed by atoms with Gasteiger partial charge in [0.1, 0.15) is 0 Å². The molecule has 0 aromatic carbocycles. The summed E-state index contributed by atoms with van der Waals surface area (Å²) in [4.78, 5) is 22.2. The lowest BCUT2D eigenvalue weighted by molar-refractivity contribution is 0.105. The molecule has 0 spiro atoms. The fourth-order valence-corrected chi connectivity index (χ4v) is 5.16. The van der Waals surface area contributed by atoms with Crippen LogP contribution in [-0.4, -0.2) is 63.7 Å². The zero-order valence-corrected chi connectivity index (χ0v) is 18.6. The standard InChI is InChI=1S/C23H37N5O/c1-5-19-12-22(29)28-21(24-19)13-20(25-28)18-8-11-27(14-18)16-23(3,4)15-26-9-6-17(2)7-10-26/h12-13,17-18,25H,5-11,14-16H2,1-4H3/t18-/m1/s1. The monoisotopic (exact) mass is 399 g/mol. The topological polar surface area (TPSA) is 56.6 Å². The van der Waals surface area contributed by atoms with Crippen molar-refractivity contribution in [3.63, 3.8) is 0 Å². The van der Waals surface area contributed by atoms with E-state index in [1.54, 1.807) is 10.6 Å². The van der Waals surface area contributed by atoms with Crippen LogP contribution in [0.2, 0.25) is 0 Å². The second-order valence-corrected chi connectivity index (χ2v) is 10.2. The third kappa shape index (κ3) is 4.75. The molecular formula is C23H37N5O. The minimum atomic E-state index is -0.00932. The first-order valence-corrected chi connectivity index (χ1v) is 11.4. The Morgan fingerprint density at radius 3 is 2.52 bits per heavy atom. The molecule has 2 fully saturated rings. The molecular weight excluding hydrogens is 362 g/mol. The van der Waals surface area contributed by atoms with Crippen molar-refractivity contribution in [2.24, 2.45) is 11.3 Å². The van der Waals surface area contributed by atoms with Crippen molar-refractivity contribution < 1.29 is 0 Å². The number of nitrogens with zero attached hydrogens (tertiary/aromatic N) is 4. The Hall–Kier alpha value is -1.66. The Kier molecular flexibility index (Phi) is 5.85. The first kappa shape index (κ1) is 20.6. The van der Waals surface area contributed by atoms with Gasteiger partial charge in [-0.3, -0.25) is 9.89 Å². The third-order valence-electron chi connectivity index (χ3n) is 6.78. The van der Waals surface area contributed by atoms with Crippen molar-refractivity contribution in [3.05, 3.63) is 33.9 Å². The first-order chi connectivity index (χ1) is 13.8. The highest BCUT2D eigenvalue weighted by Crippen LogP contribution is 2.30. The van der Waals surface area contributed by atoms with E-state index in [0.29, 0.717) is 11.3 Å². The largest absolute Gasteiger partial charge is 0.303 e. The van der Waals surface area contributed by atoms with Crippen molar-refractivity contribution >= 4 is 5.65 Å². The van der Waals surface area contributed by atoms with Crippen LogP contribution in [0.1, 0.15) is 64.3 Å². The molecule has 0 amide bonds. The highest BCUT2D eigenvalue weighted by molar-refractivity contribution is 5.41. The number of likely N-dealkylation sites (tertiary alicyclic amines) is 2. The highest BCUT2D eigenvalue weighted by atomic mass is 16.1. The lowest BCUT2D eigenvalue weighted by Gasteiger charge is -2.38. The van der Waals surface area contributed by atoms with E-state index in [1.165, 1.54) is 32.5 Å². The van der Waals surface area contributed by atoms with E-state index < -0.39 is 0 Å². The summed E-state index contributed by atoms with van der Waals surface area (Å²) in [7, 11) is 0. The molecule has 4 heterocycles. The second-order valence-electron chi connectivity index (χ2n) is 10.2. The summed E-state index contributed by atoms with van der Waals surface area (Å²) >= 11 is 0. The van der Waals surface area contributed by atoms with Gasteiger partial charge in [-0.05, 0) is 56.7 Å². The molecule has 0 radical (unpaired) electrons. The quantitative estimate of drug-likeness (QED) is 0.811. The van der Waals surface area contributed by atoms with E-state index in [-0.39, 0.29) is 5.56 Å². The molecule has 0 unspecified atom stereocenters.